The van der Waals surface area contributed by atoms with Gasteiger partial charge in [0.2, 0.25) is 6.29 Å². The molecule has 4 rings (SSSR count). The van der Waals surface area contributed by atoms with Crippen molar-refractivity contribution in [2.75, 3.05) is 6.61 Å². The highest BCUT2D eigenvalue weighted by Gasteiger charge is 2.72. The van der Waals surface area contributed by atoms with Crippen LogP contribution < -0.4 is 0 Å². The van der Waals surface area contributed by atoms with Gasteiger partial charge in [-0.05, 0) is 26.7 Å². The molecule has 1 aliphatic carbocycles. The minimum absolute atomic E-state index is 0.0187. The molecule has 3 saturated heterocycles. The summed E-state index contributed by atoms with van der Waals surface area (Å²) in [6.45, 7) is 2.63. The molecule has 8 unspecified atom stereocenters. The highest BCUT2D eigenvalue weighted by atomic mass is 32.2. The first-order valence-electron chi connectivity index (χ1n) is 12.7. The highest BCUT2D eigenvalue weighted by Crippen LogP contribution is 2.51. The fraction of sp³-hybridized carbons (Fsp3) is 0.826. The highest BCUT2D eigenvalue weighted by molar-refractivity contribution is 7.86. The monoisotopic (exact) mass is 584 g/mol. The molecule has 0 radical (unpaired) electrons. The molecule has 13 nitrogen and oxygen atoms in total. The maximum absolute atomic E-state index is 13.6. The molecule has 3 heterocycles. The lowest BCUT2D eigenvalue weighted by atomic mass is 9.78. The second kappa shape index (κ2) is 11.2. The average Bonchev–Trinajstić information content (AvgIpc) is 3.61. The van der Waals surface area contributed by atoms with E-state index in [1.807, 2.05) is 0 Å². The van der Waals surface area contributed by atoms with Gasteiger partial charge in [0.15, 0.2) is 18.3 Å². The SMILES string of the molecule is CCOC(OC(=O)C1C2OC3C(OC(=O)C31)C2OC(=O)CCC(=O)OC(C)C(F)(F)S(=O)(=O)O)C1CCCC1. The van der Waals surface area contributed by atoms with Gasteiger partial charge in [0, 0.05) is 12.5 Å². The van der Waals surface area contributed by atoms with E-state index in [9.17, 15) is 36.4 Å². The second-order valence-electron chi connectivity index (χ2n) is 9.95. The van der Waals surface area contributed by atoms with Crippen molar-refractivity contribution < 1.29 is 69.4 Å². The van der Waals surface area contributed by atoms with Crippen molar-refractivity contribution in [3.05, 3.63) is 0 Å². The van der Waals surface area contributed by atoms with E-state index in [0.29, 0.717) is 13.5 Å². The largest absolute Gasteiger partial charge is 0.455 e. The summed E-state index contributed by atoms with van der Waals surface area (Å²) < 4.78 is 89.3. The first-order chi connectivity index (χ1) is 18.3. The van der Waals surface area contributed by atoms with Gasteiger partial charge in [-0.3, -0.25) is 23.7 Å². The zero-order valence-corrected chi connectivity index (χ0v) is 22.0. The Bertz CT molecular complexity index is 1090. The topological polar surface area (TPSA) is 178 Å². The van der Waals surface area contributed by atoms with Crippen LogP contribution in [0.25, 0.3) is 0 Å². The molecular formula is C23H30F2O13S. The van der Waals surface area contributed by atoms with Crippen molar-refractivity contribution >= 4 is 34.0 Å². The molecule has 0 aromatic heterocycles. The van der Waals surface area contributed by atoms with Crippen LogP contribution in [0.2, 0.25) is 0 Å². The summed E-state index contributed by atoms with van der Waals surface area (Å²) in [6.07, 6.45) is -5.19. The molecule has 3 aliphatic heterocycles. The van der Waals surface area contributed by atoms with Gasteiger partial charge in [-0.15, -0.1) is 0 Å². The molecule has 2 bridgehead atoms. The van der Waals surface area contributed by atoms with Crippen LogP contribution in [0.5, 0.6) is 0 Å². The van der Waals surface area contributed by atoms with E-state index in [1.54, 1.807) is 6.92 Å². The van der Waals surface area contributed by atoms with Crippen LogP contribution in [0.15, 0.2) is 0 Å². The fourth-order valence-electron chi connectivity index (χ4n) is 5.54. The molecule has 4 aliphatic rings. The summed E-state index contributed by atoms with van der Waals surface area (Å²) in [7, 11) is -5.84. The van der Waals surface area contributed by atoms with E-state index in [-0.39, 0.29) is 5.92 Å². The molecule has 8 atom stereocenters. The summed E-state index contributed by atoms with van der Waals surface area (Å²) in [5.74, 6) is -5.83. The third kappa shape index (κ3) is 5.74. The predicted octanol–water partition coefficient (Wildman–Crippen LogP) is 1.13. The minimum Gasteiger partial charge on any atom is -0.455 e. The number of rotatable bonds is 12. The van der Waals surface area contributed by atoms with Gasteiger partial charge in [-0.1, -0.05) is 12.8 Å². The lowest BCUT2D eigenvalue weighted by Crippen LogP contribution is -2.48. The Morgan fingerprint density at radius 3 is 2.33 bits per heavy atom. The normalized spacial score (nSPS) is 31.6. The summed E-state index contributed by atoms with van der Waals surface area (Å²) in [6, 6.07) is 0. The van der Waals surface area contributed by atoms with Gasteiger partial charge in [-0.25, -0.2) is 0 Å². The van der Waals surface area contributed by atoms with Crippen LogP contribution in [0.4, 0.5) is 8.78 Å². The van der Waals surface area contributed by atoms with E-state index < -0.39 is 101 Å². The Morgan fingerprint density at radius 1 is 1.08 bits per heavy atom. The van der Waals surface area contributed by atoms with Gasteiger partial charge in [0.1, 0.15) is 24.0 Å². The third-order valence-electron chi connectivity index (χ3n) is 7.45. The number of ether oxygens (including phenoxy) is 6. The molecule has 0 aromatic rings. The quantitative estimate of drug-likeness (QED) is 0.149. The van der Waals surface area contributed by atoms with E-state index >= 15 is 0 Å². The van der Waals surface area contributed by atoms with Gasteiger partial charge < -0.3 is 28.4 Å². The first-order valence-corrected chi connectivity index (χ1v) is 14.1. The number of hydrogen-bond donors (Lipinski definition) is 1. The Morgan fingerprint density at radius 2 is 1.72 bits per heavy atom. The van der Waals surface area contributed by atoms with Crippen molar-refractivity contribution in [3.8, 4) is 0 Å². The lowest BCUT2D eigenvalue weighted by molar-refractivity contribution is -0.199. The summed E-state index contributed by atoms with van der Waals surface area (Å²) in [5.41, 5.74) is 0. The molecule has 220 valence electrons. The smallest absolute Gasteiger partial charge is 0.405 e. The Labute approximate surface area is 222 Å². The minimum atomic E-state index is -5.84. The molecule has 4 fully saturated rings. The molecule has 1 N–H and O–H groups in total. The third-order valence-corrected chi connectivity index (χ3v) is 8.47. The van der Waals surface area contributed by atoms with Gasteiger partial charge in [0.05, 0.1) is 12.8 Å². The number of halogens is 2. The standard InChI is InChI=1S/C23H30F2O13S/c1-3-33-22(11-6-4-5-7-11)38-21(29)15-14-17-19(37-20(14)28)18(16(15)36-17)35-13(27)9-8-12(26)34-10(2)23(24,25)39(30,31)32/h10-11,14-19,22H,3-9H2,1-2H3,(H,30,31,32). The van der Waals surface area contributed by atoms with Crippen molar-refractivity contribution in [2.45, 2.75) is 94.4 Å². The molecule has 0 spiro atoms. The number of alkyl halides is 2. The van der Waals surface area contributed by atoms with Crippen molar-refractivity contribution in [1.82, 2.24) is 0 Å². The zero-order valence-electron chi connectivity index (χ0n) is 21.2. The summed E-state index contributed by atoms with van der Waals surface area (Å²) in [5, 5.41) is -4.75. The molecule has 0 amide bonds. The van der Waals surface area contributed by atoms with Crippen LogP contribution in [0, 0.1) is 17.8 Å². The zero-order chi connectivity index (χ0) is 28.7. The van der Waals surface area contributed by atoms with Crippen molar-refractivity contribution in [3.63, 3.8) is 0 Å². The Hall–Kier alpha value is -2.43. The molecule has 39 heavy (non-hydrogen) atoms. The number of hydrogen-bond acceptors (Lipinski definition) is 12. The number of carbonyl (C=O) groups is 4. The van der Waals surface area contributed by atoms with E-state index in [1.165, 1.54) is 0 Å². The van der Waals surface area contributed by atoms with E-state index in [0.717, 1.165) is 25.7 Å². The van der Waals surface area contributed by atoms with Gasteiger partial charge in [-0.2, -0.15) is 17.2 Å². The Kier molecular flexibility index (Phi) is 8.50. The van der Waals surface area contributed by atoms with Crippen LogP contribution in [0.1, 0.15) is 52.4 Å². The first kappa shape index (κ1) is 29.6. The van der Waals surface area contributed by atoms with E-state index in [2.05, 4.69) is 4.74 Å². The van der Waals surface area contributed by atoms with Gasteiger partial charge >= 0.3 is 39.2 Å². The van der Waals surface area contributed by atoms with Gasteiger partial charge in [0.25, 0.3) is 0 Å². The van der Waals surface area contributed by atoms with Crippen LogP contribution in [-0.2, 0) is 57.7 Å². The van der Waals surface area contributed by atoms with Crippen LogP contribution in [-0.4, -0.2) is 85.5 Å². The van der Waals surface area contributed by atoms with E-state index in [4.69, 9.17) is 28.2 Å². The molecule has 16 heteroatoms. The van der Waals surface area contributed by atoms with Crippen molar-refractivity contribution in [2.24, 2.45) is 17.8 Å². The fourth-order valence-corrected chi connectivity index (χ4v) is 6.01. The maximum Gasteiger partial charge on any atom is 0.405 e. The second-order valence-corrected chi connectivity index (χ2v) is 11.4. The summed E-state index contributed by atoms with van der Waals surface area (Å²) in [4.78, 5) is 50.0. The summed E-state index contributed by atoms with van der Waals surface area (Å²) >= 11 is 0. The lowest BCUT2D eigenvalue weighted by Gasteiger charge is -2.29. The number of carbonyl (C=O) groups excluding carboxylic acids is 4. The van der Waals surface area contributed by atoms with Crippen LogP contribution in [0.3, 0.4) is 0 Å². The molecule has 0 aromatic carbocycles. The molecular weight excluding hydrogens is 554 g/mol. The number of esters is 4. The van der Waals surface area contributed by atoms with Crippen LogP contribution >= 0.6 is 0 Å². The maximum atomic E-state index is 13.6. The average molecular weight is 585 g/mol. The van der Waals surface area contributed by atoms with Crippen molar-refractivity contribution in [1.29, 1.82) is 0 Å². The number of fused-ring (bicyclic) bond motifs is 1. The molecule has 1 saturated carbocycles. The Balaban J connectivity index is 1.35. The predicted molar refractivity (Wildman–Crippen MR) is 120 cm³/mol.